The average Bonchev–Trinajstić information content (AvgIpc) is 3.32. The van der Waals surface area contributed by atoms with E-state index in [1.807, 2.05) is 40.7 Å². The molecule has 4 heterocycles. The number of carboxylic acid groups (broad SMARTS) is 1. The van der Waals surface area contributed by atoms with Crippen LogP contribution in [0.3, 0.4) is 0 Å². The standard InChI is InChI=1S/C30H29ClF2N4O4/c1-29(2,3)19-12-22(16-6-7-20(31)21(33)10-16)35-23-13-24(41-25(19)23)27(38)37-9-8-36(15-30(37,4)5)26-18(28(39)40)11-17(32)14-34-26/h6-7,10-14H,8-9,15H2,1-5H3,(H,39,40). The number of hydrogen-bond donors (Lipinski definition) is 1. The quantitative estimate of drug-likeness (QED) is 0.291. The highest BCUT2D eigenvalue weighted by molar-refractivity contribution is 6.30. The van der Waals surface area contributed by atoms with Crippen LogP contribution in [0.1, 0.15) is 61.1 Å². The molecule has 0 atom stereocenters. The van der Waals surface area contributed by atoms with Crippen LogP contribution in [0.25, 0.3) is 22.4 Å². The Kier molecular flexibility index (Phi) is 7.01. The first kappa shape index (κ1) is 28.5. The first-order valence-electron chi connectivity index (χ1n) is 13.0. The van der Waals surface area contributed by atoms with Crippen molar-refractivity contribution in [1.29, 1.82) is 0 Å². The van der Waals surface area contributed by atoms with E-state index in [9.17, 15) is 23.5 Å². The number of hydrogen-bond acceptors (Lipinski definition) is 6. The highest BCUT2D eigenvalue weighted by Crippen LogP contribution is 2.36. The van der Waals surface area contributed by atoms with E-state index in [0.29, 0.717) is 22.4 Å². The van der Waals surface area contributed by atoms with Gasteiger partial charge in [-0.15, -0.1) is 0 Å². The van der Waals surface area contributed by atoms with Crippen LogP contribution < -0.4 is 4.90 Å². The van der Waals surface area contributed by atoms with E-state index in [1.54, 1.807) is 21.9 Å². The third-order valence-electron chi connectivity index (χ3n) is 7.22. The highest BCUT2D eigenvalue weighted by atomic mass is 35.5. The summed E-state index contributed by atoms with van der Waals surface area (Å²) in [5.74, 6) is -2.68. The van der Waals surface area contributed by atoms with E-state index in [1.165, 1.54) is 12.1 Å². The lowest BCUT2D eigenvalue weighted by atomic mass is 9.86. The van der Waals surface area contributed by atoms with Gasteiger partial charge in [0.2, 0.25) is 0 Å². The summed E-state index contributed by atoms with van der Waals surface area (Å²) in [4.78, 5) is 37.6. The number of aromatic nitrogens is 2. The molecule has 0 radical (unpaired) electrons. The maximum absolute atomic E-state index is 14.2. The second-order valence-electron chi connectivity index (χ2n) is 11.8. The molecular weight excluding hydrogens is 554 g/mol. The molecular formula is C30H29ClF2N4O4. The van der Waals surface area contributed by atoms with Gasteiger partial charge in [-0.3, -0.25) is 4.79 Å². The van der Waals surface area contributed by atoms with Crippen LogP contribution >= 0.6 is 11.6 Å². The molecule has 11 heteroatoms. The molecule has 4 aromatic rings. The summed E-state index contributed by atoms with van der Waals surface area (Å²) in [5, 5.41) is 9.58. The van der Waals surface area contributed by atoms with E-state index < -0.39 is 23.1 Å². The lowest BCUT2D eigenvalue weighted by molar-refractivity contribution is 0.0481. The van der Waals surface area contributed by atoms with Crippen molar-refractivity contribution < 1.29 is 27.9 Å². The average molecular weight is 583 g/mol. The van der Waals surface area contributed by atoms with Gasteiger partial charge in [0.05, 0.1) is 22.5 Å². The number of fused-ring (bicyclic) bond motifs is 1. The smallest absolute Gasteiger partial charge is 0.339 e. The van der Waals surface area contributed by atoms with Gasteiger partial charge in [-0.05, 0) is 43.5 Å². The summed E-state index contributed by atoms with van der Waals surface area (Å²) in [7, 11) is 0. The second-order valence-corrected chi connectivity index (χ2v) is 12.2. The number of carbonyl (C=O) groups excluding carboxylic acids is 1. The molecule has 1 aliphatic heterocycles. The SMILES string of the molecule is CC(C)(C)c1cc(-c2ccc(Cl)c(F)c2)nc2cc(C(=O)N3CCN(c4ncc(F)cc4C(=O)O)CC3(C)C)oc12. The van der Waals surface area contributed by atoms with Crippen molar-refractivity contribution in [2.75, 3.05) is 24.5 Å². The first-order chi connectivity index (χ1) is 19.2. The number of aromatic carboxylic acids is 1. The molecule has 0 aliphatic carbocycles. The second kappa shape index (κ2) is 10.1. The molecule has 0 saturated carbocycles. The third-order valence-corrected chi connectivity index (χ3v) is 7.53. The molecule has 41 heavy (non-hydrogen) atoms. The molecule has 1 amide bonds. The summed E-state index contributed by atoms with van der Waals surface area (Å²) >= 11 is 5.87. The number of benzene rings is 1. The maximum Gasteiger partial charge on any atom is 0.339 e. The Morgan fingerprint density at radius 1 is 1.10 bits per heavy atom. The predicted octanol–water partition coefficient (Wildman–Crippen LogP) is 6.56. The van der Waals surface area contributed by atoms with Gasteiger partial charge in [0.1, 0.15) is 28.5 Å². The van der Waals surface area contributed by atoms with Crippen molar-refractivity contribution in [3.05, 3.63) is 76.1 Å². The summed E-state index contributed by atoms with van der Waals surface area (Å²) < 4.78 is 34.1. The molecule has 5 rings (SSSR count). The Labute approximate surface area is 240 Å². The zero-order chi connectivity index (χ0) is 29.9. The van der Waals surface area contributed by atoms with Gasteiger partial charge in [0.25, 0.3) is 5.91 Å². The number of anilines is 1. The molecule has 0 bridgehead atoms. The van der Waals surface area contributed by atoms with Crippen LogP contribution in [0.4, 0.5) is 14.6 Å². The number of carbonyl (C=O) groups is 2. The Morgan fingerprint density at radius 3 is 2.46 bits per heavy atom. The van der Waals surface area contributed by atoms with Gasteiger partial charge in [-0.25, -0.2) is 23.5 Å². The minimum atomic E-state index is -1.28. The van der Waals surface area contributed by atoms with Crippen LogP contribution in [0.5, 0.6) is 0 Å². The molecule has 8 nitrogen and oxygen atoms in total. The summed E-state index contributed by atoms with van der Waals surface area (Å²) in [5.41, 5.74) is 1.42. The Hall–Kier alpha value is -4.05. The van der Waals surface area contributed by atoms with Gasteiger partial charge in [0.15, 0.2) is 11.3 Å². The van der Waals surface area contributed by atoms with Crippen LogP contribution in [0, 0.1) is 11.6 Å². The van der Waals surface area contributed by atoms with Crippen LogP contribution in [-0.4, -0.2) is 57.0 Å². The van der Waals surface area contributed by atoms with Gasteiger partial charge in [0, 0.05) is 36.8 Å². The molecule has 214 valence electrons. The van der Waals surface area contributed by atoms with Gasteiger partial charge in [-0.2, -0.15) is 0 Å². The molecule has 1 fully saturated rings. The third kappa shape index (κ3) is 5.36. The fraction of sp³-hybridized carbons (Fsp3) is 0.333. The fourth-order valence-electron chi connectivity index (χ4n) is 5.17. The van der Waals surface area contributed by atoms with Crippen LogP contribution in [-0.2, 0) is 5.41 Å². The monoisotopic (exact) mass is 582 g/mol. The Balaban J connectivity index is 1.49. The van der Waals surface area contributed by atoms with Crippen LogP contribution in [0.15, 0.2) is 47.0 Å². The number of rotatable bonds is 4. The number of halogens is 3. The molecule has 1 aliphatic rings. The normalized spacial score (nSPS) is 15.4. The number of nitrogens with zero attached hydrogens (tertiary/aromatic N) is 4. The summed E-state index contributed by atoms with van der Waals surface area (Å²) in [6.45, 7) is 10.5. The minimum Gasteiger partial charge on any atom is -0.478 e. The number of pyridine rings is 2. The van der Waals surface area contributed by atoms with Crippen molar-refractivity contribution in [2.24, 2.45) is 0 Å². The number of carboxylic acids is 1. The van der Waals surface area contributed by atoms with Crippen molar-refractivity contribution in [1.82, 2.24) is 14.9 Å². The largest absolute Gasteiger partial charge is 0.478 e. The summed E-state index contributed by atoms with van der Waals surface area (Å²) in [6.07, 6.45) is 0.979. The van der Waals surface area contributed by atoms with Gasteiger partial charge >= 0.3 is 5.97 Å². The van der Waals surface area contributed by atoms with Crippen molar-refractivity contribution in [2.45, 2.75) is 45.6 Å². The van der Waals surface area contributed by atoms with Crippen molar-refractivity contribution in [3.63, 3.8) is 0 Å². The molecule has 0 unspecified atom stereocenters. The number of piperazine rings is 1. The van der Waals surface area contributed by atoms with E-state index in [0.717, 1.165) is 17.8 Å². The number of furan rings is 1. The minimum absolute atomic E-state index is 0.0131. The highest BCUT2D eigenvalue weighted by Gasteiger charge is 2.40. The topological polar surface area (TPSA) is 99.8 Å². The fourth-order valence-corrected chi connectivity index (χ4v) is 5.29. The van der Waals surface area contributed by atoms with Crippen molar-refractivity contribution in [3.8, 4) is 11.3 Å². The zero-order valence-electron chi connectivity index (χ0n) is 23.3. The van der Waals surface area contributed by atoms with Crippen LogP contribution in [0.2, 0.25) is 5.02 Å². The number of amides is 1. The lowest BCUT2D eigenvalue weighted by Crippen LogP contribution is -2.61. The molecule has 1 N–H and O–H groups in total. The van der Waals surface area contributed by atoms with Gasteiger partial charge < -0.3 is 19.3 Å². The van der Waals surface area contributed by atoms with E-state index in [4.69, 9.17) is 16.0 Å². The predicted molar refractivity (Wildman–Crippen MR) is 152 cm³/mol. The van der Waals surface area contributed by atoms with Crippen molar-refractivity contribution >= 4 is 40.4 Å². The Bertz CT molecular complexity index is 1700. The zero-order valence-corrected chi connectivity index (χ0v) is 24.0. The summed E-state index contributed by atoms with van der Waals surface area (Å²) in [6, 6.07) is 8.85. The first-order valence-corrected chi connectivity index (χ1v) is 13.4. The molecule has 0 spiro atoms. The molecule has 3 aromatic heterocycles. The maximum atomic E-state index is 14.2. The molecule has 1 aromatic carbocycles. The van der Waals surface area contributed by atoms with Gasteiger partial charge in [-0.1, -0.05) is 38.4 Å². The van der Waals surface area contributed by atoms with E-state index in [2.05, 4.69) is 9.97 Å². The Morgan fingerprint density at radius 2 is 1.83 bits per heavy atom. The van der Waals surface area contributed by atoms with E-state index >= 15 is 0 Å². The molecule has 1 saturated heterocycles. The lowest BCUT2D eigenvalue weighted by Gasteiger charge is -2.47. The van der Waals surface area contributed by atoms with E-state index in [-0.39, 0.29) is 53.1 Å².